The maximum absolute atomic E-state index is 6.07. The van der Waals surface area contributed by atoms with E-state index in [0.717, 1.165) is 22.5 Å². The number of anilines is 1. The molecule has 5 heteroatoms. The Bertz CT molecular complexity index is 763. The van der Waals surface area contributed by atoms with E-state index in [0.29, 0.717) is 18.3 Å². The van der Waals surface area contributed by atoms with Crippen LogP contribution in [0.4, 0.5) is 5.95 Å². The number of nitrogens with two attached hydrogens (primary N) is 1. The summed E-state index contributed by atoms with van der Waals surface area (Å²) < 4.78 is 12.7. The Hall–Kier alpha value is -2.69. The lowest BCUT2D eigenvalue weighted by molar-refractivity contribution is 0.340. The van der Waals surface area contributed by atoms with Crippen LogP contribution in [-0.4, -0.2) is 23.3 Å². The molecule has 0 amide bonds. The van der Waals surface area contributed by atoms with Gasteiger partial charge in [0.15, 0.2) is 0 Å². The second-order valence-corrected chi connectivity index (χ2v) is 4.56. The third-order valence-electron chi connectivity index (χ3n) is 3.30. The summed E-state index contributed by atoms with van der Waals surface area (Å²) in [6.07, 6.45) is 0. The van der Waals surface area contributed by atoms with Crippen molar-refractivity contribution in [2.75, 3.05) is 19.5 Å². The zero-order valence-electron chi connectivity index (χ0n) is 12.0. The predicted octanol–water partition coefficient (Wildman–Crippen LogP) is 3.02. The molecule has 0 spiro atoms. The lowest BCUT2D eigenvalue weighted by Gasteiger charge is -2.08. The van der Waals surface area contributed by atoms with Gasteiger partial charge in [0.25, 0.3) is 0 Å². The molecule has 0 unspecified atom stereocenters. The lowest BCUT2D eigenvalue weighted by Crippen LogP contribution is -2.00. The van der Waals surface area contributed by atoms with Crippen LogP contribution in [0.3, 0.4) is 0 Å². The molecule has 2 N–H and O–H groups in total. The minimum absolute atomic E-state index is 0.429. The number of rotatable bonds is 4. The van der Waals surface area contributed by atoms with E-state index in [-0.39, 0.29) is 0 Å². The van der Waals surface area contributed by atoms with Crippen LogP contribution < -0.4 is 15.2 Å². The normalized spacial score (nSPS) is 10.8. The molecule has 1 aromatic heterocycles. The number of nitrogens with zero attached hydrogens (tertiary/aromatic N) is 2. The summed E-state index contributed by atoms with van der Waals surface area (Å²) in [4.78, 5) is 4.40. The average Bonchev–Trinajstić information content (AvgIpc) is 2.84. The number of methoxy groups -OCH3 is 1. The summed E-state index contributed by atoms with van der Waals surface area (Å²) >= 11 is 0. The summed E-state index contributed by atoms with van der Waals surface area (Å²) in [6.45, 7) is 2.61. The first-order chi connectivity index (χ1) is 10.2. The van der Waals surface area contributed by atoms with Gasteiger partial charge >= 0.3 is 0 Å². The molecule has 3 aromatic rings. The number of fused-ring (bicyclic) bond motifs is 1. The molecule has 2 aromatic carbocycles. The molecule has 0 fully saturated rings. The Morgan fingerprint density at radius 1 is 1.14 bits per heavy atom. The van der Waals surface area contributed by atoms with Gasteiger partial charge in [0.2, 0.25) is 5.95 Å². The Morgan fingerprint density at radius 3 is 2.57 bits per heavy atom. The first-order valence-corrected chi connectivity index (χ1v) is 6.78. The molecule has 0 saturated carbocycles. The van der Waals surface area contributed by atoms with E-state index in [1.165, 1.54) is 0 Å². The molecule has 0 aliphatic rings. The fraction of sp³-hybridized carbons (Fsp3) is 0.188. The van der Waals surface area contributed by atoms with Crippen LogP contribution in [-0.2, 0) is 0 Å². The number of nitrogen functional groups attached to an aromatic ring is 1. The number of aromatic nitrogens is 2. The second-order valence-electron chi connectivity index (χ2n) is 4.56. The molecule has 0 aliphatic carbocycles. The molecule has 0 saturated heterocycles. The Labute approximate surface area is 122 Å². The van der Waals surface area contributed by atoms with Gasteiger partial charge < -0.3 is 15.2 Å². The van der Waals surface area contributed by atoms with Gasteiger partial charge in [-0.05, 0) is 43.3 Å². The standard InChI is InChI=1S/C16H17N3O2/c1-3-21-12-9-7-11(8-10-12)19-13-5-4-6-14(20-2)15(13)18-16(19)17/h4-10H,3H2,1-2H3,(H2,17,18). The Kier molecular flexibility index (Phi) is 3.39. The molecular weight excluding hydrogens is 266 g/mol. The number of ether oxygens (including phenoxy) is 2. The summed E-state index contributed by atoms with van der Waals surface area (Å²) in [5.74, 6) is 1.98. The van der Waals surface area contributed by atoms with Crippen molar-refractivity contribution >= 4 is 17.0 Å². The zero-order valence-corrected chi connectivity index (χ0v) is 12.0. The minimum atomic E-state index is 0.429. The quantitative estimate of drug-likeness (QED) is 0.799. The SMILES string of the molecule is CCOc1ccc(-n2c(N)nc3c(OC)cccc32)cc1. The fourth-order valence-electron chi connectivity index (χ4n) is 2.39. The molecule has 0 radical (unpaired) electrons. The molecular formula is C16H17N3O2. The van der Waals surface area contributed by atoms with Gasteiger partial charge in [0.05, 0.1) is 19.2 Å². The lowest BCUT2D eigenvalue weighted by atomic mass is 10.2. The van der Waals surface area contributed by atoms with E-state index >= 15 is 0 Å². The fourth-order valence-corrected chi connectivity index (χ4v) is 2.39. The summed E-state index contributed by atoms with van der Waals surface area (Å²) in [7, 11) is 1.63. The van der Waals surface area contributed by atoms with Crippen LogP contribution in [0.2, 0.25) is 0 Å². The average molecular weight is 283 g/mol. The number of imidazole rings is 1. The Balaban J connectivity index is 2.13. The van der Waals surface area contributed by atoms with Crippen molar-refractivity contribution in [3.05, 3.63) is 42.5 Å². The molecule has 0 atom stereocenters. The molecule has 21 heavy (non-hydrogen) atoms. The largest absolute Gasteiger partial charge is 0.494 e. The highest BCUT2D eigenvalue weighted by atomic mass is 16.5. The molecule has 1 heterocycles. The van der Waals surface area contributed by atoms with E-state index in [4.69, 9.17) is 15.2 Å². The first-order valence-electron chi connectivity index (χ1n) is 6.78. The van der Waals surface area contributed by atoms with E-state index in [1.54, 1.807) is 7.11 Å². The number of hydrogen-bond acceptors (Lipinski definition) is 4. The molecule has 0 bridgehead atoms. The molecule has 0 aliphatic heterocycles. The summed E-state index contributed by atoms with van der Waals surface area (Å²) in [5, 5.41) is 0. The van der Waals surface area contributed by atoms with Crippen LogP contribution in [0.15, 0.2) is 42.5 Å². The van der Waals surface area contributed by atoms with Gasteiger partial charge in [-0.25, -0.2) is 4.98 Å². The van der Waals surface area contributed by atoms with E-state index in [9.17, 15) is 0 Å². The van der Waals surface area contributed by atoms with E-state index in [2.05, 4.69) is 4.98 Å². The first kappa shape index (κ1) is 13.3. The van der Waals surface area contributed by atoms with Gasteiger partial charge in [0.1, 0.15) is 17.0 Å². The zero-order chi connectivity index (χ0) is 14.8. The Morgan fingerprint density at radius 2 is 1.90 bits per heavy atom. The second kappa shape index (κ2) is 5.36. The maximum atomic E-state index is 6.07. The third-order valence-corrected chi connectivity index (χ3v) is 3.30. The van der Waals surface area contributed by atoms with Gasteiger partial charge in [-0.1, -0.05) is 6.07 Å². The number of hydrogen-bond donors (Lipinski definition) is 1. The van der Waals surface area contributed by atoms with Crippen molar-refractivity contribution in [1.29, 1.82) is 0 Å². The van der Waals surface area contributed by atoms with Crippen LogP contribution in [0.1, 0.15) is 6.92 Å². The van der Waals surface area contributed by atoms with Crippen molar-refractivity contribution in [3.63, 3.8) is 0 Å². The van der Waals surface area contributed by atoms with Gasteiger partial charge in [-0.2, -0.15) is 0 Å². The monoisotopic (exact) mass is 283 g/mol. The van der Waals surface area contributed by atoms with Gasteiger partial charge in [0, 0.05) is 5.69 Å². The maximum Gasteiger partial charge on any atom is 0.206 e. The van der Waals surface area contributed by atoms with Crippen molar-refractivity contribution in [3.8, 4) is 17.2 Å². The number of para-hydroxylation sites is 1. The van der Waals surface area contributed by atoms with Crippen molar-refractivity contribution in [1.82, 2.24) is 9.55 Å². The third kappa shape index (κ3) is 2.27. The van der Waals surface area contributed by atoms with Crippen LogP contribution in [0.5, 0.6) is 11.5 Å². The topological polar surface area (TPSA) is 62.3 Å². The summed E-state index contributed by atoms with van der Waals surface area (Å²) in [6, 6.07) is 13.5. The van der Waals surface area contributed by atoms with Crippen LogP contribution in [0.25, 0.3) is 16.7 Å². The van der Waals surface area contributed by atoms with E-state index in [1.807, 2.05) is 54.0 Å². The molecule has 108 valence electrons. The van der Waals surface area contributed by atoms with Gasteiger partial charge in [-0.15, -0.1) is 0 Å². The van der Waals surface area contributed by atoms with Crippen LogP contribution >= 0.6 is 0 Å². The highest BCUT2D eigenvalue weighted by molar-refractivity contribution is 5.86. The van der Waals surface area contributed by atoms with E-state index < -0.39 is 0 Å². The van der Waals surface area contributed by atoms with Gasteiger partial charge in [-0.3, -0.25) is 4.57 Å². The van der Waals surface area contributed by atoms with Crippen molar-refractivity contribution in [2.24, 2.45) is 0 Å². The number of benzene rings is 2. The molecule has 5 nitrogen and oxygen atoms in total. The van der Waals surface area contributed by atoms with Crippen molar-refractivity contribution in [2.45, 2.75) is 6.92 Å². The van der Waals surface area contributed by atoms with Crippen molar-refractivity contribution < 1.29 is 9.47 Å². The highest BCUT2D eigenvalue weighted by Gasteiger charge is 2.13. The highest BCUT2D eigenvalue weighted by Crippen LogP contribution is 2.29. The predicted molar refractivity (Wildman–Crippen MR) is 83.2 cm³/mol. The molecule has 3 rings (SSSR count). The van der Waals surface area contributed by atoms with Crippen LogP contribution in [0, 0.1) is 0 Å². The summed E-state index contributed by atoms with van der Waals surface area (Å²) in [5.41, 5.74) is 8.68. The minimum Gasteiger partial charge on any atom is -0.494 e. The smallest absolute Gasteiger partial charge is 0.206 e.